The number of nitrogens with zero attached hydrogens (tertiary/aromatic N) is 1. The van der Waals surface area contributed by atoms with Gasteiger partial charge in [-0.1, -0.05) is 30.3 Å². The quantitative estimate of drug-likeness (QED) is 0.876. The van der Waals surface area contributed by atoms with Crippen LogP contribution < -0.4 is 10.6 Å². The third kappa shape index (κ3) is 5.52. The number of hydrogen-bond acceptors (Lipinski definition) is 3. The van der Waals surface area contributed by atoms with Crippen molar-refractivity contribution in [2.75, 3.05) is 19.6 Å². The molecule has 0 spiro atoms. The van der Waals surface area contributed by atoms with Crippen LogP contribution in [0.5, 0.6) is 0 Å². The molecule has 5 heteroatoms. The number of carbonyl (C=O) groups is 1. The molecule has 1 saturated heterocycles. The molecular weight excluding hydrogens is 290 g/mol. The Kier molecular flexibility index (Phi) is 6.02. The molecule has 2 atom stereocenters. The van der Waals surface area contributed by atoms with Gasteiger partial charge in [-0.15, -0.1) is 0 Å². The molecule has 2 N–H and O–H groups in total. The van der Waals surface area contributed by atoms with Crippen LogP contribution in [0.25, 0.3) is 0 Å². The third-order valence-electron chi connectivity index (χ3n) is 4.25. The summed E-state index contributed by atoms with van der Waals surface area (Å²) in [6.45, 7) is 11.4. The zero-order chi connectivity index (χ0) is 16.9. The molecule has 128 valence electrons. The first kappa shape index (κ1) is 17.8. The first-order valence-corrected chi connectivity index (χ1v) is 8.33. The normalized spacial score (nSPS) is 22.6. The fourth-order valence-electron chi connectivity index (χ4n) is 2.92. The first-order chi connectivity index (χ1) is 10.9. The molecule has 1 aliphatic heterocycles. The summed E-state index contributed by atoms with van der Waals surface area (Å²) in [5, 5.41) is 5.89. The predicted octanol–water partition coefficient (Wildman–Crippen LogP) is 2.37. The number of nitrogens with one attached hydrogen (secondary N) is 2. The number of carbonyl (C=O) groups excluding carboxylic acids is 1. The van der Waals surface area contributed by atoms with Gasteiger partial charge in [0.2, 0.25) is 0 Å². The lowest BCUT2D eigenvalue weighted by Crippen LogP contribution is -2.59. The van der Waals surface area contributed by atoms with Crippen LogP contribution in [0.4, 0.5) is 4.79 Å². The lowest BCUT2D eigenvalue weighted by molar-refractivity contribution is -0.0947. The van der Waals surface area contributed by atoms with E-state index < -0.39 is 0 Å². The van der Waals surface area contributed by atoms with Crippen LogP contribution in [0, 0.1) is 0 Å². The Balaban J connectivity index is 1.78. The second-order valence-electron chi connectivity index (χ2n) is 7.00. The zero-order valence-corrected chi connectivity index (χ0v) is 14.6. The molecule has 1 aliphatic rings. The lowest BCUT2D eigenvalue weighted by Gasteiger charge is -2.45. The molecule has 0 bridgehead atoms. The smallest absolute Gasteiger partial charge is 0.315 e. The van der Waals surface area contributed by atoms with Gasteiger partial charge in [0, 0.05) is 31.7 Å². The largest absolute Gasteiger partial charge is 0.373 e. The van der Waals surface area contributed by atoms with Crippen molar-refractivity contribution in [3.05, 3.63) is 35.9 Å². The average molecular weight is 319 g/mol. The first-order valence-electron chi connectivity index (χ1n) is 8.33. The highest BCUT2D eigenvalue weighted by Gasteiger charge is 2.33. The van der Waals surface area contributed by atoms with Crippen molar-refractivity contribution in [2.24, 2.45) is 0 Å². The molecule has 2 rings (SSSR count). The standard InChI is InChI=1S/C18H29N3O2/c1-14-11-21(12-15(2)23-14)18(3,4)13-20-17(22)19-10-16-8-6-5-7-9-16/h5-9,14-15H,10-13H2,1-4H3,(H2,19,20,22). The Morgan fingerprint density at radius 3 is 2.39 bits per heavy atom. The van der Waals surface area contributed by atoms with Gasteiger partial charge in [-0.3, -0.25) is 4.90 Å². The highest BCUT2D eigenvalue weighted by Crippen LogP contribution is 2.20. The predicted molar refractivity (Wildman–Crippen MR) is 92.3 cm³/mol. The van der Waals surface area contributed by atoms with Crippen LogP contribution in [0.3, 0.4) is 0 Å². The van der Waals surface area contributed by atoms with Crippen LogP contribution in [0.2, 0.25) is 0 Å². The lowest BCUT2D eigenvalue weighted by atomic mass is 10.00. The Labute approximate surface area is 139 Å². The Morgan fingerprint density at radius 1 is 1.17 bits per heavy atom. The number of ether oxygens (including phenoxy) is 1. The van der Waals surface area contributed by atoms with Gasteiger partial charge < -0.3 is 15.4 Å². The summed E-state index contributed by atoms with van der Waals surface area (Å²) in [6.07, 6.45) is 0.454. The maximum absolute atomic E-state index is 12.0. The van der Waals surface area contributed by atoms with Gasteiger partial charge in [0.1, 0.15) is 0 Å². The second kappa shape index (κ2) is 7.79. The highest BCUT2D eigenvalue weighted by molar-refractivity contribution is 5.73. The average Bonchev–Trinajstić information content (AvgIpc) is 2.51. The molecule has 5 nitrogen and oxygen atoms in total. The molecule has 23 heavy (non-hydrogen) atoms. The van der Waals surface area contributed by atoms with E-state index in [1.807, 2.05) is 30.3 Å². The molecule has 2 unspecified atom stereocenters. The van der Waals surface area contributed by atoms with E-state index in [-0.39, 0.29) is 23.8 Å². The minimum Gasteiger partial charge on any atom is -0.373 e. The summed E-state index contributed by atoms with van der Waals surface area (Å²) in [5.41, 5.74) is 0.994. The monoisotopic (exact) mass is 319 g/mol. The van der Waals surface area contributed by atoms with Crippen LogP contribution in [0.15, 0.2) is 30.3 Å². The fraction of sp³-hybridized carbons (Fsp3) is 0.611. The summed E-state index contributed by atoms with van der Waals surface area (Å²) in [7, 11) is 0. The summed E-state index contributed by atoms with van der Waals surface area (Å²) in [5.74, 6) is 0. The van der Waals surface area contributed by atoms with Crippen LogP contribution in [-0.4, -0.2) is 48.3 Å². The van der Waals surface area contributed by atoms with Gasteiger partial charge in [-0.25, -0.2) is 4.79 Å². The van der Waals surface area contributed by atoms with E-state index in [4.69, 9.17) is 4.74 Å². The molecule has 0 saturated carbocycles. The summed E-state index contributed by atoms with van der Waals surface area (Å²) < 4.78 is 5.78. The Hall–Kier alpha value is -1.59. The van der Waals surface area contributed by atoms with E-state index in [9.17, 15) is 4.79 Å². The molecule has 0 aliphatic carbocycles. The van der Waals surface area contributed by atoms with Gasteiger partial charge in [-0.05, 0) is 33.3 Å². The molecule has 2 amide bonds. The van der Waals surface area contributed by atoms with Gasteiger partial charge in [0.05, 0.1) is 12.2 Å². The van der Waals surface area contributed by atoms with Crippen molar-refractivity contribution in [3.8, 4) is 0 Å². The van der Waals surface area contributed by atoms with Crippen molar-refractivity contribution < 1.29 is 9.53 Å². The Morgan fingerprint density at radius 2 is 1.78 bits per heavy atom. The number of hydrogen-bond donors (Lipinski definition) is 2. The summed E-state index contributed by atoms with van der Waals surface area (Å²) in [4.78, 5) is 14.4. The zero-order valence-electron chi connectivity index (χ0n) is 14.6. The van der Waals surface area contributed by atoms with E-state index in [0.29, 0.717) is 13.1 Å². The molecule has 1 heterocycles. The minimum atomic E-state index is -0.128. The molecule has 0 radical (unpaired) electrons. The van der Waals surface area contributed by atoms with E-state index in [2.05, 4.69) is 43.2 Å². The number of amides is 2. The van der Waals surface area contributed by atoms with Crippen molar-refractivity contribution in [3.63, 3.8) is 0 Å². The topological polar surface area (TPSA) is 53.6 Å². The SMILES string of the molecule is CC1CN(C(C)(C)CNC(=O)NCc2ccccc2)CC(C)O1. The number of urea groups is 1. The van der Waals surface area contributed by atoms with Crippen LogP contribution in [0.1, 0.15) is 33.3 Å². The summed E-state index contributed by atoms with van der Waals surface area (Å²) >= 11 is 0. The maximum atomic E-state index is 12.0. The number of benzene rings is 1. The maximum Gasteiger partial charge on any atom is 0.315 e. The third-order valence-corrected chi connectivity index (χ3v) is 4.25. The van der Waals surface area contributed by atoms with Crippen LogP contribution in [-0.2, 0) is 11.3 Å². The molecule has 1 fully saturated rings. The van der Waals surface area contributed by atoms with Crippen LogP contribution >= 0.6 is 0 Å². The molecule has 1 aromatic carbocycles. The second-order valence-corrected chi connectivity index (χ2v) is 7.00. The number of rotatable bonds is 5. The van der Waals surface area contributed by atoms with Crippen molar-refractivity contribution in [1.29, 1.82) is 0 Å². The molecular formula is C18H29N3O2. The van der Waals surface area contributed by atoms with Crippen molar-refractivity contribution >= 4 is 6.03 Å². The van der Waals surface area contributed by atoms with Crippen molar-refractivity contribution in [1.82, 2.24) is 15.5 Å². The fourth-order valence-corrected chi connectivity index (χ4v) is 2.92. The van der Waals surface area contributed by atoms with E-state index in [0.717, 1.165) is 18.7 Å². The van der Waals surface area contributed by atoms with Gasteiger partial charge in [0.25, 0.3) is 0 Å². The Bertz CT molecular complexity index is 494. The number of morpholine rings is 1. The summed E-state index contributed by atoms with van der Waals surface area (Å²) in [6, 6.07) is 9.78. The molecule has 1 aromatic rings. The van der Waals surface area contributed by atoms with Gasteiger partial charge >= 0.3 is 6.03 Å². The van der Waals surface area contributed by atoms with E-state index in [1.54, 1.807) is 0 Å². The van der Waals surface area contributed by atoms with E-state index >= 15 is 0 Å². The molecule has 0 aromatic heterocycles. The highest BCUT2D eigenvalue weighted by atomic mass is 16.5. The minimum absolute atomic E-state index is 0.101. The van der Waals surface area contributed by atoms with Crippen molar-refractivity contribution in [2.45, 2.75) is 52.0 Å². The van der Waals surface area contributed by atoms with Gasteiger partial charge in [-0.2, -0.15) is 0 Å². The van der Waals surface area contributed by atoms with E-state index in [1.165, 1.54) is 0 Å². The van der Waals surface area contributed by atoms with Gasteiger partial charge in [0.15, 0.2) is 0 Å².